The number of ether oxygens (including phenoxy) is 1. The Morgan fingerprint density at radius 3 is 2.50 bits per heavy atom. The van der Waals surface area contributed by atoms with E-state index in [4.69, 9.17) is 4.74 Å². The summed E-state index contributed by atoms with van der Waals surface area (Å²) in [6.07, 6.45) is -0.0120. The van der Waals surface area contributed by atoms with Gasteiger partial charge in [-0.15, -0.1) is 0 Å². The lowest BCUT2D eigenvalue weighted by Gasteiger charge is -2.10. The lowest BCUT2D eigenvalue weighted by Crippen LogP contribution is -2.24. The van der Waals surface area contributed by atoms with Crippen LogP contribution >= 0.6 is 0 Å². The average molecular weight is 427 g/mol. The molecular weight excluding hydrogens is 406 g/mol. The molecule has 0 saturated carbocycles. The maximum atomic E-state index is 12.7. The number of aryl methyl sites for hydroxylation is 2. The van der Waals surface area contributed by atoms with Crippen molar-refractivity contribution in [1.29, 1.82) is 0 Å². The van der Waals surface area contributed by atoms with Crippen molar-refractivity contribution in [2.45, 2.75) is 13.3 Å². The number of aromatic nitrogens is 2. The second-order valence-corrected chi connectivity index (χ2v) is 7.43. The average Bonchev–Trinajstić information content (AvgIpc) is 2.77. The molecule has 0 aliphatic rings. The van der Waals surface area contributed by atoms with Gasteiger partial charge in [0.2, 0.25) is 5.91 Å². The van der Waals surface area contributed by atoms with Gasteiger partial charge in [0.1, 0.15) is 5.75 Å². The Hall–Kier alpha value is -4.26. The van der Waals surface area contributed by atoms with Gasteiger partial charge < -0.3 is 10.1 Å². The number of hydrogen-bond acceptors (Lipinski definition) is 5. The van der Waals surface area contributed by atoms with Crippen LogP contribution in [0.3, 0.4) is 0 Å². The summed E-state index contributed by atoms with van der Waals surface area (Å²) in [6, 6.07) is 20.8. The molecule has 0 bridgehead atoms. The van der Waals surface area contributed by atoms with Crippen LogP contribution in [0, 0.1) is 6.92 Å². The van der Waals surface area contributed by atoms with Gasteiger partial charge in [-0.1, -0.05) is 42.0 Å². The third kappa shape index (κ3) is 4.57. The number of carbonyl (C=O) groups excluding carboxylic acids is 2. The summed E-state index contributed by atoms with van der Waals surface area (Å²) >= 11 is 0. The minimum atomic E-state index is -0.474. The van der Waals surface area contributed by atoms with Crippen LogP contribution in [0.5, 0.6) is 5.75 Å². The van der Waals surface area contributed by atoms with Gasteiger partial charge in [0, 0.05) is 24.2 Å². The van der Waals surface area contributed by atoms with Crippen molar-refractivity contribution in [1.82, 2.24) is 9.78 Å². The lowest BCUT2D eigenvalue weighted by molar-refractivity contribution is -0.115. The van der Waals surface area contributed by atoms with Gasteiger partial charge >= 0.3 is 5.97 Å². The molecule has 7 nitrogen and oxygen atoms in total. The van der Waals surface area contributed by atoms with E-state index in [0.717, 1.165) is 5.56 Å². The summed E-state index contributed by atoms with van der Waals surface area (Å²) < 4.78 is 6.67. The highest BCUT2D eigenvalue weighted by Gasteiger charge is 2.14. The van der Waals surface area contributed by atoms with Crippen molar-refractivity contribution in [2.75, 3.05) is 5.32 Å². The van der Waals surface area contributed by atoms with Crippen LogP contribution < -0.4 is 15.6 Å². The Morgan fingerprint density at radius 2 is 1.72 bits per heavy atom. The van der Waals surface area contributed by atoms with E-state index in [2.05, 4.69) is 10.4 Å². The van der Waals surface area contributed by atoms with Crippen LogP contribution in [0.25, 0.3) is 10.8 Å². The number of hydrogen-bond donors (Lipinski definition) is 1. The Morgan fingerprint density at radius 1 is 0.969 bits per heavy atom. The Bertz CT molecular complexity index is 1390. The fourth-order valence-electron chi connectivity index (χ4n) is 3.44. The SMILES string of the molecule is Cc1cccc(C(=O)Oc2cccc(NC(=O)Cc3nn(C)c(=O)c4ccccc34)c2)c1. The molecule has 0 atom stereocenters. The zero-order valence-corrected chi connectivity index (χ0v) is 17.7. The number of benzene rings is 3. The quantitative estimate of drug-likeness (QED) is 0.388. The fraction of sp³-hybridized carbons (Fsp3) is 0.120. The molecule has 4 rings (SSSR count). The van der Waals surface area contributed by atoms with Crippen molar-refractivity contribution < 1.29 is 14.3 Å². The van der Waals surface area contributed by atoms with Crippen LogP contribution in [0.4, 0.5) is 5.69 Å². The zero-order chi connectivity index (χ0) is 22.7. The molecule has 4 aromatic rings. The molecule has 0 spiro atoms. The molecule has 0 aliphatic heterocycles. The summed E-state index contributed by atoms with van der Waals surface area (Å²) in [7, 11) is 1.56. The van der Waals surface area contributed by atoms with Crippen molar-refractivity contribution in [3.63, 3.8) is 0 Å². The smallest absolute Gasteiger partial charge is 0.343 e. The van der Waals surface area contributed by atoms with Gasteiger partial charge in [0.25, 0.3) is 5.56 Å². The van der Waals surface area contributed by atoms with E-state index >= 15 is 0 Å². The van der Waals surface area contributed by atoms with E-state index in [1.807, 2.05) is 13.0 Å². The molecule has 1 aromatic heterocycles. The van der Waals surface area contributed by atoms with Crippen molar-refractivity contribution >= 4 is 28.3 Å². The van der Waals surface area contributed by atoms with Crippen LogP contribution in [-0.2, 0) is 18.3 Å². The van der Waals surface area contributed by atoms with E-state index < -0.39 is 5.97 Å². The van der Waals surface area contributed by atoms with Crippen LogP contribution in [0.15, 0.2) is 77.6 Å². The van der Waals surface area contributed by atoms with Crippen molar-refractivity contribution in [3.8, 4) is 5.75 Å². The fourth-order valence-corrected chi connectivity index (χ4v) is 3.44. The van der Waals surface area contributed by atoms with Crippen molar-refractivity contribution in [3.05, 3.63) is 100.0 Å². The van der Waals surface area contributed by atoms with E-state index in [1.54, 1.807) is 73.8 Å². The molecule has 1 amide bonds. The normalized spacial score (nSPS) is 10.7. The third-order valence-electron chi connectivity index (χ3n) is 4.94. The monoisotopic (exact) mass is 427 g/mol. The predicted molar refractivity (Wildman–Crippen MR) is 122 cm³/mol. The highest BCUT2D eigenvalue weighted by Crippen LogP contribution is 2.20. The van der Waals surface area contributed by atoms with Crippen LogP contribution in [0.1, 0.15) is 21.6 Å². The summed E-state index contributed by atoms with van der Waals surface area (Å²) in [4.78, 5) is 37.3. The molecule has 0 aliphatic carbocycles. The van der Waals surface area contributed by atoms with Gasteiger partial charge in [-0.05, 0) is 37.3 Å². The predicted octanol–water partition coefficient (Wildman–Crippen LogP) is 3.64. The van der Waals surface area contributed by atoms with Crippen molar-refractivity contribution in [2.24, 2.45) is 7.05 Å². The molecular formula is C25H21N3O4. The number of amides is 1. The Balaban J connectivity index is 1.49. The second-order valence-electron chi connectivity index (χ2n) is 7.43. The number of nitrogens with zero attached hydrogens (tertiary/aromatic N) is 2. The topological polar surface area (TPSA) is 90.3 Å². The third-order valence-corrected chi connectivity index (χ3v) is 4.94. The first-order valence-corrected chi connectivity index (χ1v) is 10.0. The number of fused-ring (bicyclic) bond motifs is 1. The molecule has 1 heterocycles. The molecule has 0 unspecified atom stereocenters. The molecule has 32 heavy (non-hydrogen) atoms. The number of anilines is 1. The minimum Gasteiger partial charge on any atom is -0.423 e. The molecule has 0 saturated heterocycles. The van der Waals surface area contributed by atoms with E-state index in [9.17, 15) is 14.4 Å². The maximum absolute atomic E-state index is 12.7. The highest BCUT2D eigenvalue weighted by molar-refractivity contribution is 5.95. The standard InChI is InChI=1S/C25H21N3O4/c1-16-7-5-8-17(13-16)25(31)32-19-10-6-9-18(14-19)26-23(29)15-22-20-11-3-4-12-21(20)24(30)28(2)27-22/h3-14H,15H2,1-2H3,(H,26,29). The summed E-state index contributed by atoms with van der Waals surface area (Å²) in [5, 5.41) is 8.21. The largest absolute Gasteiger partial charge is 0.423 e. The number of esters is 1. The molecule has 160 valence electrons. The zero-order valence-electron chi connectivity index (χ0n) is 17.7. The number of rotatable bonds is 5. The second kappa shape index (κ2) is 8.85. The number of nitrogens with one attached hydrogen (secondary N) is 1. The van der Waals surface area contributed by atoms with Gasteiger partial charge in [0.15, 0.2) is 0 Å². The lowest BCUT2D eigenvalue weighted by atomic mass is 10.1. The Kier molecular flexibility index (Phi) is 5.81. The molecule has 3 aromatic carbocycles. The molecule has 0 fully saturated rings. The van der Waals surface area contributed by atoms with Gasteiger partial charge in [0.05, 0.1) is 23.1 Å². The van der Waals surface area contributed by atoms with Gasteiger partial charge in [-0.2, -0.15) is 5.10 Å². The first-order chi connectivity index (χ1) is 15.4. The van der Waals surface area contributed by atoms with E-state index in [1.165, 1.54) is 4.68 Å². The van der Waals surface area contributed by atoms with E-state index in [0.29, 0.717) is 33.5 Å². The molecule has 0 radical (unpaired) electrons. The maximum Gasteiger partial charge on any atom is 0.343 e. The molecule has 7 heteroatoms. The highest BCUT2D eigenvalue weighted by atomic mass is 16.5. The summed E-state index contributed by atoms with van der Waals surface area (Å²) in [5.74, 6) is -0.457. The molecule has 1 N–H and O–H groups in total. The van der Waals surface area contributed by atoms with E-state index in [-0.39, 0.29) is 17.9 Å². The van der Waals surface area contributed by atoms with Crippen LogP contribution in [0.2, 0.25) is 0 Å². The van der Waals surface area contributed by atoms with Gasteiger partial charge in [-0.25, -0.2) is 9.48 Å². The van der Waals surface area contributed by atoms with Crippen LogP contribution in [-0.4, -0.2) is 21.7 Å². The van der Waals surface area contributed by atoms with Gasteiger partial charge in [-0.3, -0.25) is 9.59 Å². The number of carbonyl (C=O) groups is 2. The Labute approximate surface area is 184 Å². The first kappa shape index (κ1) is 21.0. The summed E-state index contributed by atoms with van der Waals surface area (Å²) in [5.41, 5.74) is 2.18. The minimum absolute atomic E-state index is 0.0120. The first-order valence-electron chi connectivity index (χ1n) is 10.0. The summed E-state index contributed by atoms with van der Waals surface area (Å²) in [6.45, 7) is 1.90.